The van der Waals surface area contributed by atoms with Crippen molar-refractivity contribution in [2.24, 2.45) is 0 Å². The van der Waals surface area contributed by atoms with Crippen LogP contribution < -0.4 is 9.79 Å². The fourth-order valence-corrected chi connectivity index (χ4v) is 5.90. The smallest absolute Gasteiger partial charge is 0.799 e. The third-order valence-electron chi connectivity index (χ3n) is 4.41. The Morgan fingerprint density at radius 3 is 0.815 bits per heavy atom. The van der Waals surface area contributed by atoms with Crippen molar-refractivity contribution in [1.82, 2.24) is 0 Å². The minimum atomic E-state index is -3.00. The standard InChI is InChI=1S/2C10H23O2P.Ni/c2*1-3-5-7-9-13(11,12)10-8-6-4-2;/h2*3-10H2,1-2H3,(H,11,12);/q;;+2/p-2. The van der Waals surface area contributed by atoms with Gasteiger partial charge in [-0.05, 0) is 50.3 Å². The van der Waals surface area contributed by atoms with Crippen LogP contribution in [0.2, 0.25) is 0 Å². The summed E-state index contributed by atoms with van der Waals surface area (Å²) in [6, 6.07) is 0. The topological polar surface area (TPSA) is 80.3 Å². The monoisotopic (exact) mass is 468 g/mol. The van der Waals surface area contributed by atoms with Crippen molar-refractivity contribution >= 4 is 14.7 Å². The molecule has 0 radical (unpaired) electrons. The number of hydrogen-bond acceptors (Lipinski definition) is 4. The van der Waals surface area contributed by atoms with E-state index < -0.39 is 14.7 Å². The van der Waals surface area contributed by atoms with Gasteiger partial charge in [0.1, 0.15) is 0 Å². The van der Waals surface area contributed by atoms with Crippen molar-refractivity contribution in [3.8, 4) is 0 Å². The second-order valence-electron chi connectivity index (χ2n) is 7.35. The van der Waals surface area contributed by atoms with E-state index in [1.54, 1.807) is 0 Å². The Morgan fingerprint density at radius 2 is 0.667 bits per heavy atom. The predicted molar refractivity (Wildman–Crippen MR) is 113 cm³/mol. The molecule has 0 fully saturated rings. The summed E-state index contributed by atoms with van der Waals surface area (Å²) in [6.07, 6.45) is 13.6. The van der Waals surface area contributed by atoms with E-state index in [9.17, 15) is 18.9 Å². The first-order valence-corrected chi connectivity index (χ1v) is 14.8. The van der Waals surface area contributed by atoms with Gasteiger partial charge in [0, 0.05) is 14.7 Å². The van der Waals surface area contributed by atoms with Gasteiger partial charge in [-0.25, -0.2) is 0 Å². The summed E-state index contributed by atoms with van der Waals surface area (Å²) < 4.78 is 22.8. The van der Waals surface area contributed by atoms with Gasteiger partial charge >= 0.3 is 16.5 Å². The van der Waals surface area contributed by atoms with E-state index >= 15 is 0 Å². The van der Waals surface area contributed by atoms with Crippen LogP contribution in [0.4, 0.5) is 0 Å². The van der Waals surface area contributed by atoms with E-state index in [4.69, 9.17) is 0 Å². The Hall–Kier alpha value is 0.874. The zero-order valence-electron chi connectivity index (χ0n) is 18.2. The summed E-state index contributed by atoms with van der Waals surface area (Å²) in [6.45, 7) is 8.36. The molecule has 27 heavy (non-hydrogen) atoms. The maximum atomic E-state index is 11.4. The van der Waals surface area contributed by atoms with Crippen molar-refractivity contribution in [2.45, 2.75) is 105 Å². The van der Waals surface area contributed by atoms with Crippen LogP contribution in [0.15, 0.2) is 0 Å². The van der Waals surface area contributed by atoms with Crippen LogP contribution in [0, 0.1) is 0 Å². The molecule has 0 spiro atoms. The molecule has 0 aromatic rings. The Labute approximate surface area is 179 Å². The average molecular weight is 469 g/mol. The summed E-state index contributed by atoms with van der Waals surface area (Å²) in [7, 11) is -6.00. The molecule has 0 heterocycles. The van der Waals surface area contributed by atoms with E-state index in [0.29, 0.717) is 24.6 Å². The molecule has 0 aliphatic heterocycles. The minimum absolute atomic E-state index is 0. The molecule has 0 saturated heterocycles. The maximum Gasteiger partial charge on any atom is 2.00 e. The second-order valence-corrected chi connectivity index (χ2v) is 12.4. The van der Waals surface area contributed by atoms with E-state index in [1.165, 1.54) is 0 Å². The molecule has 0 saturated carbocycles. The molecule has 0 rings (SSSR count). The molecule has 0 bridgehead atoms. The van der Waals surface area contributed by atoms with Gasteiger partial charge in [0.2, 0.25) is 0 Å². The van der Waals surface area contributed by atoms with Gasteiger partial charge in [-0.15, -0.1) is 0 Å². The molecule has 7 heteroatoms. The van der Waals surface area contributed by atoms with Gasteiger partial charge in [-0.1, -0.05) is 79.1 Å². The normalized spacial score (nSPS) is 11.5. The van der Waals surface area contributed by atoms with E-state index in [2.05, 4.69) is 27.7 Å². The van der Waals surface area contributed by atoms with Gasteiger partial charge in [0.25, 0.3) is 0 Å². The van der Waals surface area contributed by atoms with Crippen LogP contribution in [0.1, 0.15) is 105 Å². The van der Waals surface area contributed by atoms with Crippen LogP contribution in [-0.4, -0.2) is 24.6 Å². The molecular formula is C20H44NiO4P2. The van der Waals surface area contributed by atoms with Gasteiger partial charge in [0.05, 0.1) is 0 Å². The van der Waals surface area contributed by atoms with Gasteiger partial charge in [-0.3, -0.25) is 0 Å². The minimum Gasteiger partial charge on any atom is -0.799 e. The molecule has 0 amide bonds. The fraction of sp³-hybridized carbons (Fsp3) is 1.00. The van der Waals surface area contributed by atoms with E-state index in [0.717, 1.165) is 77.0 Å². The Balaban J connectivity index is -0.000000411. The van der Waals surface area contributed by atoms with Crippen molar-refractivity contribution in [3.63, 3.8) is 0 Å². The van der Waals surface area contributed by atoms with Crippen molar-refractivity contribution in [3.05, 3.63) is 0 Å². The first-order chi connectivity index (χ1) is 12.2. The number of unbranched alkanes of at least 4 members (excludes halogenated alkanes) is 8. The summed E-state index contributed by atoms with van der Waals surface area (Å²) in [5.74, 6) is 0. The molecule has 4 nitrogen and oxygen atoms in total. The van der Waals surface area contributed by atoms with Crippen LogP contribution in [0.3, 0.4) is 0 Å². The van der Waals surface area contributed by atoms with Crippen LogP contribution >= 0.6 is 14.7 Å². The molecule has 0 unspecified atom stereocenters. The van der Waals surface area contributed by atoms with E-state index in [1.807, 2.05) is 0 Å². The molecule has 0 aliphatic carbocycles. The van der Waals surface area contributed by atoms with E-state index in [-0.39, 0.29) is 16.5 Å². The first kappa shape index (κ1) is 32.5. The predicted octanol–water partition coefficient (Wildman–Crippen LogP) is 6.01. The molecule has 168 valence electrons. The Bertz CT molecular complexity index is 328. The molecule has 0 aliphatic rings. The Morgan fingerprint density at radius 1 is 0.481 bits per heavy atom. The molecule has 0 aromatic carbocycles. The summed E-state index contributed by atoms with van der Waals surface area (Å²) in [5.41, 5.74) is 0. The summed E-state index contributed by atoms with van der Waals surface area (Å²) in [4.78, 5) is 22.8. The molecule has 0 N–H and O–H groups in total. The zero-order valence-corrected chi connectivity index (χ0v) is 20.9. The van der Waals surface area contributed by atoms with Crippen LogP contribution in [-0.2, 0) is 25.6 Å². The summed E-state index contributed by atoms with van der Waals surface area (Å²) in [5, 5.41) is 0. The van der Waals surface area contributed by atoms with Gasteiger partial charge in [-0.2, -0.15) is 0 Å². The number of rotatable bonds is 16. The zero-order chi connectivity index (χ0) is 20.3. The second kappa shape index (κ2) is 21.6. The molecular weight excluding hydrogens is 425 g/mol. The van der Waals surface area contributed by atoms with Gasteiger partial charge in [0.15, 0.2) is 0 Å². The van der Waals surface area contributed by atoms with Crippen molar-refractivity contribution < 1.29 is 35.4 Å². The largest absolute Gasteiger partial charge is 2.00 e. The first-order valence-electron chi connectivity index (χ1n) is 10.8. The van der Waals surface area contributed by atoms with Crippen LogP contribution in [0.5, 0.6) is 0 Å². The van der Waals surface area contributed by atoms with Crippen molar-refractivity contribution in [1.29, 1.82) is 0 Å². The van der Waals surface area contributed by atoms with Crippen molar-refractivity contribution in [2.75, 3.05) is 24.6 Å². The Kier molecular flexibility index (Phi) is 26.0. The fourth-order valence-electron chi connectivity index (χ4n) is 2.63. The third-order valence-corrected chi connectivity index (χ3v) is 8.40. The number of hydrogen-bond donors (Lipinski definition) is 0. The SMILES string of the molecule is CCCCCP(=O)([O-])CCCCC.CCCCCP(=O)([O-])CCCCC.[Ni+2]. The quantitative estimate of drug-likeness (QED) is 0.158. The van der Waals surface area contributed by atoms with Crippen LogP contribution in [0.25, 0.3) is 0 Å². The van der Waals surface area contributed by atoms with Gasteiger partial charge < -0.3 is 18.9 Å². The third kappa shape index (κ3) is 26.9. The average Bonchev–Trinajstić information content (AvgIpc) is 2.56. The summed E-state index contributed by atoms with van der Waals surface area (Å²) >= 11 is 0. The maximum absolute atomic E-state index is 11.4. The molecule has 0 atom stereocenters. The molecule has 0 aromatic heterocycles.